The van der Waals surface area contributed by atoms with Crippen molar-refractivity contribution in [2.75, 3.05) is 0 Å². The maximum absolute atomic E-state index is 13.3. The van der Waals surface area contributed by atoms with Crippen molar-refractivity contribution in [2.45, 2.75) is 6.18 Å². The lowest BCUT2D eigenvalue weighted by atomic mass is 10.0. The fourth-order valence-electron chi connectivity index (χ4n) is 1.47. The van der Waals surface area contributed by atoms with Gasteiger partial charge in [-0.05, 0) is 29.8 Å². The summed E-state index contributed by atoms with van der Waals surface area (Å²) in [6.45, 7) is 0. The standard InChI is InChI=1S/C12H6F5N/c13-10-5-7(1-3-9(10)12(15,16)17)8-2-4-11(14)18-6-8/h1-6H. The smallest absolute Gasteiger partial charge is 0.228 e. The molecule has 0 N–H and O–H groups in total. The van der Waals surface area contributed by atoms with E-state index in [2.05, 4.69) is 4.98 Å². The molecule has 2 rings (SSSR count). The van der Waals surface area contributed by atoms with Gasteiger partial charge in [-0.15, -0.1) is 0 Å². The molecule has 6 heteroatoms. The van der Waals surface area contributed by atoms with E-state index in [0.717, 1.165) is 24.4 Å². The van der Waals surface area contributed by atoms with Crippen LogP contribution in [0.15, 0.2) is 36.5 Å². The maximum Gasteiger partial charge on any atom is 0.419 e. The highest BCUT2D eigenvalue weighted by molar-refractivity contribution is 5.62. The predicted molar refractivity (Wildman–Crippen MR) is 54.6 cm³/mol. The highest BCUT2D eigenvalue weighted by Gasteiger charge is 2.33. The maximum atomic E-state index is 13.3. The van der Waals surface area contributed by atoms with Crippen molar-refractivity contribution >= 4 is 0 Å². The summed E-state index contributed by atoms with van der Waals surface area (Å²) < 4.78 is 62.9. The van der Waals surface area contributed by atoms with Crippen molar-refractivity contribution in [3.05, 3.63) is 53.9 Å². The van der Waals surface area contributed by atoms with E-state index in [1.807, 2.05) is 0 Å². The first kappa shape index (κ1) is 12.5. The average Bonchev–Trinajstić information content (AvgIpc) is 2.28. The van der Waals surface area contributed by atoms with Crippen LogP contribution >= 0.6 is 0 Å². The first-order chi connectivity index (χ1) is 8.38. The van der Waals surface area contributed by atoms with Crippen LogP contribution in [0.3, 0.4) is 0 Å². The molecule has 0 saturated carbocycles. The third kappa shape index (κ3) is 2.47. The topological polar surface area (TPSA) is 12.9 Å². The summed E-state index contributed by atoms with van der Waals surface area (Å²) in [5, 5.41) is 0. The van der Waals surface area contributed by atoms with Crippen LogP contribution in [0.1, 0.15) is 5.56 Å². The van der Waals surface area contributed by atoms with Gasteiger partial charge in [-0.1, -0.05) is 6.07 Å². The van der Waals surface area contributed by atoms with Crippen molar-refractivity contribution in [3.63, 3.8) is 0 Å². The van der Waals surface area contributed by atoms with Gasteiger partial charge in [0.2, 0.25) is 5.95 Å². The van der Waals surface area contributed by atoms with E-state index in [1.54, 1.807) is 0 Å². The molecule has 2 aromatic rings. The minimum Gasteiger partial charge on any atom is -0.228 e. The van der Waals surface area contributed by atoms with E-state index in [4.69, 9.17) is 0 Å². The Morgan fingerprint density at radius 3 is 2.06 bits per heavy atom. The Hall–Kier alpha value is -1.98. The fraction of sp³-hybridized carbons (Fsp3) is 0.0833. The normalized spacial score (nSPS) is 11.6. The van der Waals surface area contributed by atoms with Crippen LogP contribution in [0.25, 0.3) is 11.1 Å². The molecule has 0 aliphatic carbocycles. The first-order valence-corrected chi connectivity index (χ1v) is 4.86. The molecule has 18 heavy (non-hydrogen) atoms. The number of benzene rings is 1. The first-order valence-electron chi connectivity index (χ1n) is 4.86. The van der Waals surface area contributed by atoms with E-state index >= 15 is 0 Å². The van der Waals surface area contributed by atoms with Gasteiger partial charge in [0.15, 0.2) is 0 Å². The fourth-order valence-corrected chi connectivity index (χ4v) is 1.47. The van der Waals surface area contributed by atoms with E-state index < -0.39 is 23.5 Å². The second-order valence-corrected chi connectivity index (χ2v) is 3.56. The Kier molecular flexibility index (Phi) is 3.02. The molecule has 0 fully saturated rings. The summed E-state index contributed by atoms with van der Waals surface area (Å²) in [5.41, 5.74) is -0.793. The summed E-state index contributed by atoms with van der Waals surface area (Å²) in [7, 11) is 0. The predicted octanol–water partition coefficient (Wildman–Crippen LogP) is 4.05. The van der Waals surface area contributed by atoms with Gasteiger partial charge in [0.25, 0.3) is 0 Å². The van der Waals surface area contributed by atoms with E-state index in [9.17, 15) is 22.0 Å². The van der Waals surface area contributed by atoms with Gasteiger partial charge in [-0.2, -0.15) is 17.6 Å². The van der Waals surface area contributed by atoms with Gasteiger partial charge >= 0.3 is 6.18 Å². The molecule has 0 unspecified atom stereocenters. The summed E-state index contributed by atoms with van der Waals surface area (Å²) in [6, 6.07) is 4.86. The van der Waals surface area contributed by atoms with Crippen molar-refractivity contribution in [2.24, 2.45) is 0 Å². The molecular formula is C12H6F5N. The lowest BCUT2D eigenvalue weighted by Crippen LogP contribution is -2.07. The quantitative estimate of drug-likeness (QED) is 0.556. The van der Waals surface area contributed by atoms with Gasteiger partial charge in [0, 0.05) is 11.8 Å². The van der Waals surface area contributed by atoms with Crippen LogP contribution < -0.4 is 0 Å². The number of halogens is 5. The zero-order valence-corrected chi connectivity index (χ0v) is 8.80. The molecule has 1 aromatic heterocycles. The van der Waals surface area contributed by atoms with Crippen LogP contribution in [0, 0.1) is 11.8 Å². The molecule has 0 spiro atoms. The number of aromatic nitrogens is 1. The molecule has 0 aliphatic heterocycles. The zero-order valence-electron chi connectivity index (χ0n) is 8.80. The van der Waals surface area contributed by atoms with Crippen molar-refractivity contribution < 1.29 is 22.0 Å². The van der Waals surface area contributed by atoms with Crippen LogP contribution in [-0.4, -0.2) is 4.98 Å². The van der Waals surface area contributed by atoms with E-state index in [0.29, 0.717) is 11.6 Å². The zero-order chi connectivity index (χ0) is 13.3. The number of pyridine rings is 1. The largest absolute Gasteiger partial charge is 0.419 e. The minimum absolute atomic E-state index is 0.202. The van der Waals surface area contributed by atoms with Gasteiger partial charge < -0.3 is 0 Å². The molecule has 0 bridgehead atoms. The van der Waals surface area contributed by atoms with Crippen LogP contribution in [0.5, 0.6) is 0 Å². The Bertz CT molecular complexity index is 560. The van der Waals surface area contributed by atoms with Crippen molar-refractivity contribution in [1.29, 1.82) is 0 Å². The summed E-state index contributed by atoms with van der Waals surface area (Å²) in [6.07, 6.45) is -3.61. The highest BCUT2D eigenvalue weighted by Crippen LogP contribution is 2.33. The van der Waals surface area contributed by atoms with Gasteiger partial charge in [-0.25, -0.2) is 9.37 Å². The molecule has 1 nitrogen and oxygen atoms in total. The molecule has 0 radical (unpaired) electrons. The molecule has 1 heterocycles. The second kappa shape index (κ2) is 4.36. The van der Waals surface area contributed by atoms with Crippen molar-refractivity contribution in [1.82, 2.24) is 4.98 Å². The van der Waals surface area contributed by atoms with Crippen LogP contribution in [0.2, 0.25) is 0 Å². The van der Waals surface area contributed by atoms with E-state index in [-0.39, 0.29) is 5.56 Å². The Morgan fingerprint density at radius 2 is 1.56 bits per heavy atom. The van der Waals surface area contributed by atoms with Crippen LogP contribution in [0.4, 0.5) is 22.0 Å². The molecule has 0 aliphatic rings. The molecular weight excluding hydrogens is 253 g/mol. The number of hydrogen-bond acceptors (Lipinski definition) is 1. The van der Waals surface area contributed by atoms with Gasteiger partial charge in [0.05, 0.1) is 5.56 Å². The number of nitrogens with zero attached hydrogens (tertiary/aromatic N) is 1. The second-order valence-electron chi connectivity index (χ2n) is 3.56. The Balaban J connectivity index is 2.43. The summed E-state index contributed by atoms with van der Waals surface area (Å²) in [4.78, 5) is 3.35. The number of alkyl halides is 3. The van der Waals surface area contributed by atoms with Gasteiger partial charge in [0.1, 0.15) is 5.82 Å². The molecule has 0 amide bonds. The minimum atomic E-state index is -4.73. The van der Waals surface area contributed by atoms with E-state index in [1.165, 1.54) is 6.07 Å². The van der Waals surface area contributed by atoms with Gasteiger partial charge in [-0.3, -0.25) is 0 Å². The SMILES string of the molecule is Fc1ccc(-c2ccc(C(F)(F)F)c(F)c2)cn1. The highest BCUT2D eigenvalue weighted by atomic mass is 19.4. The molecule has 1 aromatic carbocycles. The Morgan fingerprint density at radius 1 is 0.889 bits per heavy atom. The average molecular weight is 259 g/mol. The van der Waals surface area contributed by atoms with Crippen LogP contribution in [-0.2, 0) is 6.18 Å². The summed E-state index contributed by atoms with van der Waals surface area (Å²) in [5.74, 6) is -2.09. The Labute approximate surface area is 98.9 Å². The van der Waals surface area contributed by atoms with Crippen molar-refractivity contribution in [3.8, 4) is 11.1 Å². The number of rotatable bonds is 1. The lowest BCUT2D eigenvalue weighted by Gasteiger charge is -2.09. The molecule has 94 valence electrons. The summed E-state index contributed by atoms with van der Waals surface area (Å²) >= 11 is 0. The third-order valence-corrected chi connectivity index (χ3v) is 2.34. The lowest BCUT2D eigenvalue weighted by molar-refractivity contribution is -0.139. The number of hydrogen-bond donors (Lipinski definition) is 0. The monoisotopic (exact) mass is 259 g/mol. The molecule has 0 saturated heterocycles. The molecule has 0 atom stereocenters. The third-order valence-electron chi connectivity index (χ3n) is 2.34.